The van der Waals surface area contributed by atoms with Crippen LogP contribution in [0, 0.1) is 11.2 Å². The zero-order chi connectivity index (χ0) is 24.0. The lowest BCUT2D eigenvalue weighted by atomic mass is 9.63. The molecule has 0 aromatic heterocycles. The first-order chi connectivity index (χ1) is 15.5. The predicted octanol–water partition coefficient (Wildman–Crippen LogP) is 5.13. The Balaban J connectivity index is 1.52. The number of phenolic OH excluding ortho intramolecular Hbond substituents is 1. The first kappa shape index (κ1) is 24.1. The van der Waals surface area contributed by atoms with E-state index in [0.29, 0.717) is 12.8 Å². The van der Waals surface area contributed by atoms with Crippen LogP contribution in [-0.2, 0) is 9.84 Å². The molecule has 1 aliphatic heterocycles. The molecule has 0 radical (unpaired) electrons. The van der Waals surface area contributed by atoms with Crippen molar-refractivity contribution in [2.75, 3.05) is 30.8 Å². The minimum atomic E-state index is -3.92. The number of nitrogens with zero attached hydrogens (tertiary/aromatic N) is 1. The summed E-state index contributed by atoms with van der Waals surface area (Å²) < 4.78 is 40.2. The molecule has 2 aliphatic rings. The third-order valence-corrected chi connectivity index (χ3v) is 9.63. The van der Waals surface area contributed by atoms with Crippen LogP contribution in [0.15, 0.2) is 35.2 Å². The van der Waals surface area contributed by atoms with E-state index >= 15 is 0 Å². The maximum atomic E-state index is 13.6. The van der Waals surface area contributed by atoms with Crippen LogP contribution in [-0.4, -0.2) is 49.8 Å². The molecule has 2 aromatic carbocycles. The SMILES string of the molecule is CN1CCC2(CC1)CC(S(=O)(=O)c1c(Cl)ccc(NC(=O)Nc3cccc(F)c3Cl)c1O)C2. The Kier molecular flexibility index (Phi) is 6.52. The minimum absolute atomic E-state index is 0.0202. The Morgan fingerprint density at radius 1 is 1.12 bits per heavy atom. The van der Waals surface area contributed by atoms with Crippen molar-refractivity contribution in [2.45, 2.75) is 35.8 Å². The van der Waals surface area contributed by atoms with Crippen molar-refractivity contribution in [1.29, 1.82) is 0 Å². The fraction of sp³-hybridized carbons (Fsp3) is 0.409. The Labute approximate surface area is 201 Å². The van der Waals surface area contributed by atoms with Gasteiger partial charge in [0.25, 0.3) is 0 Å². The van der Waals surface area contributed by atoms with Crippen molar-refractivity contribution >= 4 is 50.4 Å². The lowest BCUT2D eigenvalue weighted by molar-refractivity contribution is 0.0464. The normalized spacial score (nSPS) is 18.7. The van der Waals surface area contributed by atoms with E-state index < -0.39 is 37.6 Å². The number of aromatic hydroxyl groups is 1. The number of phenols is 1. The third kappa shape index (κ3) is 4.64. The Hall–Kier alpha value is -2.07. The van der Waals surface area contributed by atoms with Crippen LogP contribution >= 0.6 is 23.2 Å². The number of anilines is 2. The topological polar surface area (TPSA) is 98.7 Å². The molecule has 1 saturated heterocycles. The van der Waals surface area contributed by atoms with Gasteiger partial charge < -0.3 is 20.6 Å². The maximum absolute atomic E-state index is 13.6. The average Bonchev–Trinajstić information content (AvgIpc) is 2.72. The van der Waals surface area contributed by atoms with Gasteiger partial charge in [-0.2, -0.15) is 0 Å². The highest BCUT2D eigenvalue weighted by atomic mass is 35.5. The van der Waals surface area contributed by atoms with Gasteiger partial charge in [-0.3, -0.25) is 0 Å². The molecule has 0 atom stereocenters. The summed E-state index contributed by atoms with van der Waals surface area (Å²) in [6.07, 6.45) is 2.93. The largest absolute Gasteiger partial charge is 0.504 e. The second kappa shape index (κ2) is 8.94. The molecule has 2 fully saturated rings. The monoisotopic (exact) mass is 515 g/mol. The second-order valence-corrected chi connectivity index (χ2v) is 11.8. The van der Waals surface area contributed by atoms with Crippen molar-refractivity contribution in [3.8, 4) is 5.75 Å². The number of halogens is 3. The number of carbonyl (C=O) groups excluding carboxylic acids is 1. The quantitative estimate of drug-likeness (QED) is 0.490. The van der Waals surface area contributed by atoms with Gasteiger partial charge in [-0.1, -0.05) is 29.3 Å². The van der Waals surface area contributed by atoms with Gasteiger partial charge in [0.15, 0.2) is 15.6 Å². The standard InChI is InChI=1S/C22H24Cl2FN3O4S/c1-28-9-7-22(8-10-28)11-13(12-22)33(31,32)20-14(23)5-6-17(19(20)29)27-21(30)26-16-4-2-3-15(25)18(16)24/h2-6,13,29H,7-12H2,1H3,(H2,26,27,30). The lowest BCUT2D eigenvalue weighted by Gasteiger charge is -2.51. The van der Waals surface area contributed by atoms with Gasteiger partial charge in [0, 0.05) is 0 Å². The second-order valence-electron chi connectivity index (χ2n) is 8.83. The summed E-state index contributed by atoms with van der Waals surface area (Å²) in [6.45, 7) is 1.87. The van der Waals surface area contributed by atoms with Crippen LogP contribution in [0.1, 0.15) is 25.7 Å². The van der Waals surface area contributed by atoms with Crippen molar-refractivity contribution in [2.24, 2.45) is 5.41 Å². The molecule has 0 bridgehead atoms. The van der Waals surface area contributed by atoms with E-state index in [4.69, 9.17) is 23.2 Å². The summed E-state index contributed by atoms with van der Waals surface area (Å²) in [6, 6.07) is 5.68. The number of rotatable bonds is 4. The molecule has 0 unspecified atom stereocenters. The molecule has 1 spiro atoms. The molecule has 2 aromatic rings. The van der Waals surface area contributed by atoms with Crippen LogP contribution < -0.4 is 10.6 Å². The number of hydrogen-bond donors (Lipinski definition) is 3. The van der Waals surface area contributed by atoms with Gasteiger partial charge in [-0.25, -0.2) is 17.6 Å². The first-order valence-electron chi connectivity index (χ1n) is 10.5. The average molecular weight is 516 g/mol. The molecule has 1 saturated carbocycles. The fourth-order valence-corrected chi connectivity index (χ4v) is 7.43. The number of piperidine rings is 1. The number of likely N-dealkylation sites (tertiary alicyclic amines) is 1. The maximum Gasteiger partial charge on any atom is 0.323 e. The molecule has 11 heteroatoms. The van der Waals surface area contributed by atoms with E-state index in [-0.39, 0.29) is 26.8 Å². The molecule has 33 heavy (non-hydrogen) atoms. The smallest absolute Gasteiger partial charge is 0.323 e. The Bertz CT molecular complexity index is 1190. The number of urea groups is 1. The summed E-state index contributed by atoms with van der Waals surface area (Å²) >= 11 is 12.0. The van der Waals surface area contributed by atoms with Crippen LogP contribution in [0.5, 0.6) is 5.75 Å². The van der Waals surface area contributed by atoms with E-state index in [0.717, 1.165) is 32.0 Å². The summed E-state index contributed by atoms with van der Waals surface area (Å²) in [5.74, 6) is -1.34. The van der Waals surface area contributed by atoms with E-state index in [9.17, 15) is 22.7 Å². The van der Waals surface area contributed by atoms with Crippen molar-refractivity contribution < 1.29 is 22.7 Å². The molecule has 3 N–H and O–H groups in total. The molecule has 1 heterocycles. The van der Waals surface area contributed by atoms with Gasteiger partial charge in [0.2, 0.25) is 0 Å². The van der Waals surface area contributed by atoms with E-state index in [2.05, 4.69) is 22.6 Å². The highest BCUT2D eigenvalue weighted by molar-refractivity contribution is 7.92. The van der Waals surface area contributed by atoms with E-state index in [1.165, 1.54) is 24.3 Å². The van der Waals surface area contributed by atoms with Crippen molar-refractivity contribution in [1.82, 2.24) is 4.90 Å². The number of benzene rings is 2. The number of carbonyl (C=O) groups is 1. The third-order valence-electron chi connectivity index (χ3n) is 6.62. The summed E-state index contributed by atoms with van der Waals surface area (Å²) in [5.41, 5.74) is -0.101. The van der Waals surface area contributed by atoms with Gasteiger partial charge in [0.1, 0.15) is 10.7 Å². The first-order valence-corrected chi connectivity index (χ1v) is 12.8. The molecular formula is C22H24Cl2FN3O4S. The molecule has 4 rings (SSSR count). The van der Waals surface area contributed by atoms with Crippen LogP contribution in [0.25, 0.3) is 0 Å². The number of amides is 2. The highest BCUT2D eigenvalue weighted by Crippen LogP contribution is 2.54. The number of sulfone groups is 1. The van der Waals surface area contributed by atoms with Crippen molar-refractivity contribution in [3.05, 3.63) is 46.2 Å². The predicted molar refractivity (Wildman–Crippen MR) is 127 cm³/mol. The lowest BCUT2D eigenvalue weighted by Crippen LogP contribution is -2.50. The number of hydrogen-bond acceptors (Lipinski definition) is 5. The Morgan fingerprint density at radius 2 is 1.76 bits per heavy atom. The van der Waals surface area contributed by atoms with E-state index in [1.807, 2.05) is 0 Å². The Morgan fingerprint density at radius 3 is 2.42 bits per heavy atom. The van der Waals surface area contributed by atoms with Gasteiger partial charge >= 0.3 is 6.03 Å². The van der Waals surface area contributed by atoms with E-state index in [1.54, 1.807) is 0 Å². The van der Waals surface area contributed by atoms with Crippen LogP contribution in [0.4, 0.5) is 20.6 Å². The summed E-state index contributed by atoms with van der Waals surface area (Å²) in [5, 5.41) is 14.4. The zero-order valence-corrected chi connectivity index (χ0v) is 20.2. The molecule has 178 valence electrons. The van der Waals surface area contributed by atoms with Gasteiger partial charge in [-0.15, -0.1) is 0 Å². The highest BCUT2D eigenvalue weighted by Gasteiger charge is 2.51. The van der Waals surface area contributed by atoms with Crippen molar-refractivity contribution in [3.63, 3.8) is 0 Å². The summed E-state index contributed by atoms with van der Waals surface area (Å²) in [7, 11) is -1.87. The van der Waals surface area contributed by atoms with Crippen LogP contribution in [0.3, 0.4) is 0 Å². The zero-order valence-electron chi connectivity index (χ0n) is 17.9. The van der Waals surface area contributed by atoms with Gasteiger partial charge in [0.05, 0.1) is 26.7 Å². The number of nitrogens with one attached hydrogen (secondary N) is 2. The van der Waals surface area contributed by atoms with Gasteiger partial charge in [-0.05, 0) is 75.5 Å². The van der Waals surface area contributed by atoms with Crippen LogP contribution in [0.2, 0.25) is 10.0 Å². The minimum Gasteiger partial charge on any atom is -0.504 e. The molecule has 7 nitrogen and oxygen atoms in total. The summed E-state index contributed by atoms with van der Waals surface area (Å²) in [4.78, 5) is 14.2. The fourth-order valence-electron chi connectivity index (χ4n) is 4.59. The molecule has 1 aliphatic carbocycles. The molecule has 2 amide bonds. The molecular weight excluding hydrogens is 492 g/mol.